The molecule has 12 nitrogen and oxygen atoms in total. The van der Waals surface area contributed by atoms with Crippen LogP contribution in [-0.4, -0.2) is 74.2 Å². The number of carbonyl (C=O) groups excluding carboxylic acids is 2. The van der Waals surface area contributed by atoms with Gasteiger partial charge in [0.05, 0.1) is 7.11 Å². The lowest BCUT2D eigenvalue weighted by atomic mass is 10.3. The van der Waals surface area contributed by atoms with Crippen molar-refractivity contribution >= 4 is 27.6 Å². The van der Waals surface area contributed by atoms with Crippen LogP contribution in [0.1, 0.15) is 11.5 Å². The first-order valence-corrected chi connectivity index (χ1v) is 11.3. The number of aryl methyl sites for hydroxylation is 2. The lowest BCUT2D eigenvalue weighted by Crippen LogP contribution is -2.55. The molecule has 0 saturated carbocycles. The zero-order valence-electron chi connectivity index (χ0n) is 18.0. The lowest BCUT2D eigenvalue weighted by molar-refractivity contribution is -0.127. The molecule has 2 heterocycles. The van der Waals surface area contributed by atoms with E-state index < -0.39 is 28.1 Å². The molecule has 174 valence electrons. The summed E-state index contributed by atoms with van der Waals surface area (Å²) >= 11 is 0. The van der Waals surface area contributed by atoms with E-state index in [9.17, 15) is 18.0 Å². The van der Waals surface area contributed by atoms with Crippen molar-refractivity contribution in [3.63, 3.8) is 0 Å². The SMILES string of the molecule is COc1ccc(NC(=O)N2CCN(S(=O)(=O)c3c(C)noc3C)C2C(=O)NCCN)cc1. The molecule has 0 bridgehead atoms. The van der Waals surface area contributed by atoms with Gasteiger partial charge in [-0.15, -0.1) is 0 Å². The quantitative estimate of drug-likeness (QED) is 0.523. The molecule has 0 spiro atoms. The lowest BCUT2D eigenvalue weighted by Gasteiger charge is -2.28. The van der Waals surface area contributed by atoms with Crippen molar-refractivity contribution in [3.8, 4) is 5.75 Å². The van der Waals surface area contributed by atoms with E-state index in [4.69, 9.17) is 15.0 Å². The summed E-state index contributed by atoms with van der Waals surface area (Å²) < 4.78 is 37.8. The first-order chi connectivity index (χ1) is 15.2. The summed E-state index contributed by atoms with van der Waals surface area (Å²) in [5.41, 5.74) is 6.10. The maximum atomic E-state index is 13.4. The molecule has 1 aromatic heterocycles. The fourth-order valence-electron chi connectivity index (χ4n) is 3.46. The maximum absolute atomic E-state index is 13.4. The standard InChI is InChI=1S/C19H26N6O6S/c1-12-16(13(2)31-23-12)32(28,29)25-11-10-24(18(25)17(26)21-9-8-20)19(27)22-14-4-6-15(30-3)7-5-14/h4-7,18H,8-11,20H2,1-3H3,(H,21,26)(H,22,27). The Morgan fingerprint density at radius 2 is 1.94 bits per heavy atom. The molecular formula is C19H26N6O6S. The van der Waals surface area contributed by atoms with Crippen molar-refractivity contribution in [2.75, 3.05) is 38.6 Å². The summed E-state index contributed by atoms with van der Waals surface area (Å²) in [4.78, 5) is 26.9. The molecular weight excluding hydrogens is 440 g/mol. The van der Waals surface area contributed by atoms with E-state index in [1.54, 1.807) is 24.3 Å². The predicted molar refractivity (Wildman–Crippen MR) is 114 cm³/mol. The Morgan fingerprint density at radius 1 is 1.25 bits per heavy atom. The van der Waals surface area contributed by atoms with Crippen molar-refractivity contribution in [1.29, 1.82) is 0 Å². The number of methoxy groups -OCH3 is 1. The molecule has 3 rings (SSSR count). The predicted octanol–water partition coefficient (Wildman–Crippen LogP) is 0.239. The van der Waals surface area contributed by atoms with Gasteiger partial charge in [-0.25, -0.2) is 13.2 Å². The molecule has 0 aliphatic carbocycles. The summed E-state index contributed by atoms with van der Waals surface area (Å²) in [5, 5.41) is 8.94. The van der Waals surface area contributed by atoms with E-state index in [-0.39, 0.29) is 42.5 Å². The van der Waals surface area contributed by atoms with Crippen LogP contribution in [0.5, 0.6) is 5.75 Å². The maximum Gasteiger partial charge on any atom is 0.323 e. The fraction of sp³-hybridized carbons (Fsp3) is 0.421. The number of sulfonamides is 1. The monoisotopic (exact) mass is 466 g/mol. The number of amides is 3. The molecule has 1 aromatic carbocycles. The van der Waals surface area contributed by atoms with Gasteiger partial charge in [0.1, 0.15) is 16.3 Å². The van der Waals surface area contributed by atoms with Gasteiger partial charge in [0.2, 0.25) is 0 Å². The van der Waals surface area contributed by atoms with Crippen molar-refractivity contribution in [3.05, 3.63) is 35.7 Å². The zero-order chi connectivity index (χ0) is 23.5. The van der Waals surface area contributed by atoms with E-state index in [0.29, 0.717) is 11.4 Å². The number of rotatable bonds is 7. The minimum atomic E-state index is -4.18. The first-order valence-electron chi connectivity index (χ1n) is 9.85. The van der Waals surface area contributed by atoms with Gasteiger partial charge in [-0.3, -0.25) is 9.69 Å². The number of hydrogen-bond acceptors (Lipinski definition) is 8. The Hall–Kier alpha value is -3.16. The molecule has 3 amide bonds. The smallest absolute Gasteiger partial charge is 0.323 e. The van der Waals surface area contributed by atoms with Gasteiger partial charge in [-0.05, 0) is 38.1 Å². The second kappa shape index (κ2) is 9.54. The van der Waals surface area contributed by atoms with E-state index in [0.717, 1.165) is 9.21 Å². The van der Waals surface area contributed by atoms with Crippen LogP contribution in [0.4, 0.5) is 10.5 Å². The highest BCUT2D eigenvalue weighted by atomic mass is 32.2. The second-order valence-corrected chi connectivity index (χ2v) is 8.90. The van der Waals surface area contributed by atoms with Crippen LogP contribution in [0.15, 0.2) is 33.7 Å². The summed E-state index contributed by atoms with van der Waals surface area (Å²) in [6, 6.07) is 5.97. The van der Waals surface area contributed by atoms with E-state index in [1.165, 1.54) is 21.0 Å². The van der Waals surface area contributed by atoms with Crippen molar-refractivity contribution in [2.24, 2.45) is 5.73 Å². The van der Waals surface area contributed by atoms with Gasteiger partial charge in [-0.1, -0.05) is 5.16 Å². The van der Waals surface area contributed by atoms with Gasteiger partial charge < -0.3 is 25.6 Å². The largest absolute Gasteiger partial charge is 0.497 e. The highest BCUT2D eigenvalue weighted by molar-refractivity contribution is 7.89. The molecule has 1 fully saturated rings. The van der Waals surface area contributed by atoms with Crippen LogP contribution in [0, 0.1) is 13.8 Å². The van der Waals surface area contributed by atoms with Crippen LogP contribution < -0.4 is 21.1 Å². The van der Waals surface area contributed by atoms with Crippen LogP contribution in [0.3, 0.4) is 0 Å². The third kappa shape index (κ3) is 4.54. The summed E-state index contributed by atoms with van der Waals surface area (Å²) in [5.74, 6) is 0.0536. The molecule has 2 aromatic rings. The average Bonchev–Trinajstić information content (AvgIpc) is 3.36. The number of ether oxygens (including phenoxy) is 1. The third-order valence-electron chi connectivity index (χ3n) is 4.94. The van der Waals surface area contributed by atoms with Crippen LogP contribution in [0.25, 0.3) is 0 Å². The van der Waals surface area contributed by atoms with Crippen molar-refractivity contribution in [2.45, 2.75) is 24.9 Å². The van der Waals surface area contributed by atoms with Gasteiger partial charge in [0.25, 0.3) is 15.9 Å². The summed E-state index contributed by atoms with van der Waals surface area (Å²) in [6.45, 7) is 3.18. The van der Waals surface area contributed by atoms with Crippen molar-refractivity contribution < 1.29 is 27.3 Å². The van der Waals surface area contributed by atoms with Crippen LogP contribution >= 0.6 is 0 Å². The van der Waals surface area contributed by atoms with E-state index >= 15 is 0 Å². The van der Waals surface area contributed by atoms with Gasteiger partial charge in [0.15, 0.2) is 11.9 Å². The van der Waals surface area contributed by atoms with Gasteiger partial charge >= 0.3 is 6.03 Å². The number of aromatic nitrogens is 1. The molecule has 1 unspecified atom stereocenters. The summed E-state index contributed by atoms with van der Waals surface area (Å²) in [6.07, 6.45) is -1.40. The first kappa shape index (κ1) is 23.5. The molecule has 4 N–H and O–H groups in total. The van der Waals surface area contributed by atoms with Crippen molar-refractivity contribution in [1.82, 2.24) is 19.7 Å². The molecule has 1 atom stereocenters. The average molecular weight is 467 g/mol. The highest BCUT2D eigenvalue weighted by Gasteiger charge is 2.48. The summed E-state index contributed by atoms with van der Waals surface area (Å²) in [7, 11) is -2.65. The zero-order valence-corrected chi connectivity index (χ0v) is 18.8. The minimum absolute atomic E-state index is 0.00526. The number of nitrogens with two attached hydrogens (primary N) is 1. The number of hydrogen-bond donors (Lipinski definition) is 3. The van der Waals surface area contributed by atoms with Crippen LogP contribution in [-0.2, 0) is 14.8 Å². The normalized spacial score (nSPS) is 16.8. The van der Waals surface area contributed by atoms with Gasteiger partial charge in [-0.2, -0.15) is 4.31 Å². The Morgan fingerprint density at radius 3 is 2.50 bits per heavy atom. The Kier molecular flexibility index (Phi) is 7.01. The number of anilines is 1. The fourth-order valence-corrected chi connectivity index (χ4v) is 5.30. The van der Waals surface area contributed by atoms with Crippen LogP contribution in [0.2, 0.25) is 0 Å². The molecule has 1 aliphatic heterocycles. The number of nitrogens with zero attached hydrogens (tertiary/aromatic N) is 3. The molecule has 32 heavy (non-hydrogen) atoms. The minimum Gasteiger partial charge on any atom is -0.497 e. The Labute approximate surface area is 185 Å². The topological polar surface area (TPSA) is 160 Å². The van der Waals surface area contributed by atoms with Gasteiger partial charge in [0, 0.05) is 31.9 Å². The van der Waals surface area contributed by atoms with E-state index in [2.05, 4.69) is 15.8 Å². The molecule has 0 radical (unpaired) electrons. The highest BCUT2D eigenvalue weighted by Crippen LogP contribution is 2.29. The number of urea groups is 1. The molecule has 1 aliphatic rings. The molecule has 1 saturated heterocycles. The number of benzene rings is 1. The number of carbonyl (C=O) groups is 2. The Balaban J connectivity index is 1.90. The molecule has 13 heteroatoms. The third-order valence-corrected chi connectivity index (χ3v) is 7.04. The second-order valence-electron chi connectivity index (χ2n) is 7.07. The van der Waals surface area contributed by atoms with E-state index in [1.807, 2.05) is 0 Å². The number of nitrogens with one attached hydrogen (secondary N) is 2. The Bertz CT molecular complexity index is 1060.